The summed E-state index contributed by atoms with van der Waals surface area (Å²) in [4.78, 5) is 10.8. The number of aldehydes is 1. The lowest BCUT2D eigenvalue weighted by molar-refractivity contribution is -0.119. The second-order valence-corrected chi connectivity index (χ2v) is 4.84. The van der Waals surface area contributed by atoms with Gasteiger partial charge in [-0.25, -0.2) is 0 Å². The average molecular weight is 164 g/mol. The Morgan fingerprint density at radius 2 is 2.25 bits per heavy atom. The fourth-order valence-electron chi connectivity index (χ4n) is 3.06. The Kier molecular flexibility index (Phi) is 1.48. The van der Waals surface area contributed by atoms with Crippen molar-refractivity contribution in [1.82, 2.24) is 0 Å². The van der Waals surface area contributed by atoms with Crippen molar-refractivity contribution in [3.8, 4) is 0 Å². The number of hydrogen-bond donors (Lipinski definition) is 0. The third kappa shape index (κ3) is 0.769. The molecule has 1 saturated carbocycles. The summed E-state index contributed by atoms with van der Waals surface area (Å²) in [5.41, 5.74) is 1.81. The van der Waals surface area contributed by atoms with Gasteiger partial charge < -0.3 is 4.79 Å². The van der Waals surface area contributed by atoms with E-state index in [4.69, 9.17) is 0 Å². The van der Waals surface area contributed by atoms with Crippen molar-refractivity contribution < 1.29 is 4.79 Å². The Balaban J connectivity index is 2.35. The topological polar surface area (TPSA) is 17.1 Å². The molecule has 3 aliphatic carbocycles. The van der Waals surface area contributed by atoms with Crippen LogP contribution in [0.2, 0.25) is 0 Å². The highest BCUT2D eigenvalue weighted by Gasteiger charge is 2.53. The van der Waals surface area contributed by atoms with E-state index in [0.29, 0.717) is 11.3 Å². The van der Waals surface area contributed by atoms with Gasteiger partial charge in [-0.05, 0) is 30.6 Å². The van der Waals surface area contributed by atoms with Gasteiger partial charge in [-0.15, -0.1) is 0 Å². The molecule has 1 nitrogen and oxygen atoms in total. The molecule has 66 valence electrons. The molecule has 2 bridgehead atoms. The minimum atomic E-state index is 0.199. The van der Waals surface area contributed by atoms with Crippen LogP contribution >= 0.6 is 0 Å². The van der Waals surface area contributed by atoms with E-state index in [1.807, 2.05) is 0 Å². The molecule has 0 saturated heterocycles. The maximum Gasteiger partial charge on any atom is 0.127 e. The highest BCUT2D eigenvalue weighted by Crippen LogP contribution is 2.60. The summed E-state index contributed by atoms with van der Waals surface area (Å²) in [7, 11) is 0. The Morgan fingerprint density at radius 3 is 2.67 bits per heavy atom. The van der Waals surface area contributed by atoms with Gasteiger partial charge in [0.2, 0.25) is 0 Å². The van der Waals surface area contributed by atoms with Crippen molar-refractivity contribution in [2.45, 2.75) is 27.2 Å². The molecule has 1 heteroatoms. The second-order valence-electron chi connectivity index (χ2n) is 4.84. The lowest BCUT2D eigenvalue weighted by atomic mass is 9.46. The molecule has 0 heterocycles. The highest BCUT2D eigenvalue weighted by molar-refractivity contribution is 5.60. The molecule has 0 aromatic rings. The Morgan fingerprint density at radius 1 is 1.58 bits per heavy atom. The molecule has 0 aliphatic heterocycles. The normalized spacial score (nSPS) is 42.9. The molecule has 3 aliphatic rings. The number of carbonyl (C=O) groups excluding carboxylic acids is 1. The minimum Gasteiger partial charge on any atom is -0.303 e. The Labute approximate surface area is 73.8 Å². The SMILES string of the molecule is CC1=CC(C=O)C2CC1C2(C)C. The molecule has 3 unspecified atom stereocenters. The van der Waals surface area contributed by atoms with Crippen LogP contribution < -0.4 is 0 Å². The summed E-state index contributed by atoms with van der Waals surface area (Å²) in [6.45, 7) is 6.75. The first-order valence-corrected chi connectivity index (χ1v) is 4.71. The Hall–Kier alpha value is -0.590. The molecular weight excluding hydrogens is 148 g/mol. The van der Waals surface area contributed by atoms with Crippen LogP contribution in [0.1, 0.15) is 27.2 Å². The third-order valence-corrected chi connectivity index (χ3v) is 3.97. The van der Waals surface area contributed by atoms with Gasteiger partial charge in [-0.3, -0.25) is 0 Å². The summed E-state index contributed by atoms with van der Waals surface area (Å²) < 4.78 is 0. The number of rotatable bonds is 1. The molecule has 0 radical (unpaired) electrons. The van der Waals surface area contributed by atoms with Crippen molar-refractivity contribution in [3.63, 3.8) is 0 Å². The van der Waals surface area contributed by atoms with Gasteiger partial charge in [0.1, 0.15) is 6.29 Å². The van der Waals surface area contributed by atoms with Crippen LogP contribution in [0.25, 0.3) is 0 Å². The monoisotopic (exact) mass is 164 g/mol. The molecular formula is C11H16O. The van der Waals surface area contributed by atoms with E-state index in [1.54, 1.807) is 0 Å². The van der Waals surface area contributed by atoms with Gasteiger partial charge >= 0.3 is 0 Å². The van der Waals surface area contributed by atoms with Gasteiger partial charge in [0, 0.05) is 5.92 Å². The van der Waals surface area contributed by atoms with Gasteiger partial charge in [0.05, 0.1) is 0 Å². The standard InChI is InChI=1S/C11H16O/c1-7-4-8(6-12)10-5-9(7)11(10,2)3/h4,6,8-10H,5H2,1-3H3. The van der Waals surface area contributed by atoms with Crippen LogP contribution in [0.4, 0.5) is 0 Å². The van der Waals surface area contributed by atoms with Crippen LogP contribution in [0.3, 0.4) is 0 Å². The van der Waals surface area contributed by atoms with Crippen LogP contribution in [-0.4, -0.2) is 6.29 Å². The van der Waals surface area contributed by atoms with Crippen LogP contribution in [-0.2, 0) is 4.79 Å². The Bertz CT molecular complexity index is 250. The first-order chi connectivity index (χ1) is 5.57. The summed E-state index contributed by atoms with van der Waals surface area (Å²) in [5.74, 6) is 1.56. The summed E-state index contributed by atoms with van der Waals surface area (Å²) in [5, 5.41) is 0. The molecule has 12 heavy (non-hydrogen) atoms. The van der Waals surface area contributed by atoms with Crippen molar-refractivity contribution in [1.29, 1.82) is 0 Å². The van der Waals surface area contributed by atoms with Crippen molar-refractivity contribution in [2.24, 2.45) is 23.2 Å². The maximum atomic E-state index is 10.8. The predicted molar refractivity (Wildman–Crippen MR) is 48.7 cm³/mol. The third-order valence-electron chi connectivity index (χ3n) is 3.97. The second kappa shape index (κ2) is 2.21. The molecule has 3 atom stereocenters. The van der Waals surface area contributed by atoms with E-state index < -0.39 is 0 Å². The highest BCUT2D eigenvalue weighted by atomic mass is 16.1. The molecule has 0 aromatic carbocycles. The fraction of sp³-hybridized carbons (Fsp3) is 0.727. The van der Waals surface area contributed by atoms with Crippen molar-refractivity contribution >= 4 is 6.29 Å². The summed E-state index contributed by atoms with van der Waals surface area (Å²) >= 11 is 0. The van der Waals surface area contributed by atoms with Crippen LogP contribution in [0.15, 0.2) is 11.6 Å². The van der Waals surface area contributed by atoms with E-state index in [9.17, 15) is 4.79 Å². The zero-order valence-electron chi connectivity index (χ0n) is 8.00. The average Bonchev–Trinajstić information content (AvgIpc) is 2.02. The van der Waals surface area contributed by atoms with E-state index in [1.165, 1.54) is 12.0 Å². The van der Waals surface area contributed by atoms with Gasteiger partial charge in [0.25, 0.3) is 0 Å². The number of allylic oxidation sites excluding steroid dienone is 2. The lowest BCUT2D eigenvalue weighted by Crippen LogP contribution is -2.51. The first kappa shape index (κ1) is 8.03. The smallest absolute Gasteiger partial charge is 0.127 e. The van der Waals surface area contributed by atoms with Crippen molar-refractivity contribution in [3.05, 3.63) is 11.6 Å². The van der Waals surface area contributed by atoms with Gasteiger partial charge in [-0.2, -0.15) is 0 Å². The zero-order chi connectivity index (χ0) is 8.93. The van der Waals surface area contributed by atoms with Crippen LogP contribution in [0.5, 0.6) is 0 Å². The van der Waals surface area contributed by atoms with E-state index in [0.717, 1.165) is 12.2 Å². The zero-order valence-corrected chi connectivity index (χ0v) is 8.00. The summed E-state index contributed by atoms with van der Waals surface area (Å²) in [6, 6.07) is 0. The van der Waals surface area contributed by atoms with Gasteiger partial charge in [-0.1, -0.05) is 25.5 Å². The van der Waals surface area contributed by atoms with E-state index in [-0.39, 0.29) is 5.92 Å². The summed E-state index contributed by atoms with van der Waals surface area (Å²) in [6.07, 6.45) is 4.52. The molecule has 0 aromatic heterocycles. The molecule has 1 fully saturated rings. The predicted octanol–water partition coefficient (Wildman–Crippen LogP) is 2.42. The number of carbonyl (C=O) groups is 1. The number of hydrogen-bond acceptors (Lipinski definition) is 1. The van der Waals surface area contributed by atoms with Crippen LogP contribution in [0, 0.1) is 23.2 Å². The molecule has 0 N–H and O–H groups in total. The minimum absolute atomic E-state index is 0.199. The fourth-order valence-corrected chi connectivity index (χ4v) is 3.06. The molecule has 0 amide bonds. The van der Waals surface area contributed by atoms with E-state index in [2.05, 4.69) is 26.8 Å². The maximum absolute atomic E-state index is 10.8. The largest absolute Gasteiger partial charge is 0.303 e. The van der Waals surface area contributed by atoms with E-state index >= 15 is 0 Å². The molecule has 3 rings (SSSR count). The quantitative estimate of drug-likeness (QED) is 0.429. The number of fused-ring (bicyclic) bond motifs is 1. The lowest BCUT2D eigenvalue weighted by Gasteiger charge is -2.58. The first-order valence-electron chi connectivity index (χ1n) is 4.71. The van der Waals surface area contributed by atoms with Crippen molar-refractivity contribution in [2.75, 3.05) is 0 Å². The molecule has 0 spiro atoms. The van der Waals surface area contributed by atoms with Gasteiger partial charge in [0.15, 0.2) is 0 Å².